The molecule has 3 fully saturated rings. The molecule has 34 heavy (non-hydrogen) atoms. The molecule has 3 heterocycles. The van der Waals surface area contributed by atoms with Gasteiger partial charge in [-0.2, -0.15) is 13.2 Å². The number of alkyl halides is 3. The van der Waals surface area contributed by atoms with Crippen LogP contribution in [0.15, 0.2) is 18.5 Å². The number of amides is 1. The molecule has 1 saturated carbocycles. The van der Waals surface area contributed by atoms with Crippen molar-refractivity contribution in [1.82, 2.24) is 9.88 Å². The summed E-state index contributed by atoms with van der Waals surface area (Å²) in [6.45, 7) is 4.83. The van der Waals surface area contributed by atoms with Crippen molar-refractivity contribution in [2.45, 2.75) is 76.0 Å². The van der Waals surface area contributed by atoms with E-state index in [1.807, 2.05) is 24.2 Å². The molecule has 0 aromatic carbocycles. The molecular weight excluding hydrogens is 457 g/mol. The van der Waals surface area contributed by atoms with Gasteiger partial charge in [-0.05, 0) is 37.3 Å². The van der Waals surface area contributed by atoms with Crippen molar-refractivity contribution in [2.24, 2.45) is 0 Å². The fourth-order valence-electron chi connectivity index (χ4n) is 4.42. The van der Waals surface area contributed by atoms with Gasteiger partial charge in [0.05, 0.1) is 31.9 Å². The number of carbonyl (C=O) groups excluding carboxylic acids is 1. The van der Waals surface area contributed by atoms with E-state index in [0.717, 1.165) is 36.8 Å². The SMILES string of the molecule is Cc1cncc(COC2CCOC3(C2)CN(C(=O)COC2CCCC2)C3)c1.O=C(O)C(F)(F)F. The second-order valence-corrected chi connectivity index (χ2v) is 9.10. The standard InChI is InChI=1S/C21H30N2O4.C2HF3O2/c1-16-8-17(11-22-10-16)12-25-19-6-7-27-21(9-19)14-23(15-21)20(24)13-26-18-4-2-3-5-18;3-2(4,5)1(6)7/h8,10-11,18-19H,2-7,9,12-15H2,1H3;(H,6,7). The Morgan fingerprint density at radius 2 is 1.85 bits per heavy atom. The van der Waals surface area contributed by atoms with E-state index < -0.39 is 12.1 Å². The first kappa shape index (κ1) is 26.4. The van der Waals surface area contributed by atoms with E-state index in [0.29, 0.717) is 26.3 Å². The molecule has 1 aromatic rings. The van der Waals surface area contributed by atoms with Crippen molar-refractivity contribution in [3.05, 3.63) is 29.6 Å². The van der Waals surface area contributed by atoms with E-state index in [1.54, 1.807) is 0 Å². The van der Waals surface area contributed by atoms with Gasteiger partial charge in [-0.15, -0.1) is 0 Å². The Kier molecular flexibility index (Phi) is 8.89. The maximum absolute atomic E-state index is 12.3. The Morgan fingerprint density at radius 3 is 2.47 bits per heavy atom. The predicted octanol–water partition coefficient (Wildman–Crippen LogP) is 3.26. The number of aromatic nitrogens is 1. The summed E-state index contributed by atoms with van der Waals surface area (Å²) < 4.78 is 49.6. The molecule has 4 rings (SSSR count). The van der Waals surface area contributed by atoms with Crippen LogP contribution in [-0.4, -0.2) is 77.2 Å². The second kappa shape index (κ2) is 11.5. The fourth-order valence-corrected chi connectivity index (χ4v) is 4.42. The lowest BCUT2D eigenvalue weighted by Gasteiger charge is -2.53. The second-order valence-electron chi connectivity index (χ2n) is 9.10. The number of aryl methyl sites for hydroxylation is 1. The molecule has 2 saturated heterocycles. The number of carboxylic acid groups (broad SMARTS) is 1. The first-order valence-electron chi connectivity index (χ1n) is 11.4. The van der Waals surface area contributed by atoms with Crippen molar-refractivity contribution in [3.8, 4) is 0 Å². The van der Waals surface area contributed by atoms with Crippen molar-refractivity contribution in [2.75, 3.05) is 26.3 Å². The molecule has 190 valence electrons. The molecule has 0 radical (unpaired) electrons. The first-order chi connectivity index (χ1) is 16.1. The van der Waals surface area contributed by atoms with Crippen molar-refractivity contribution in [1.29, 1.82) is 0 Å². The van der Waals surface area contributed by atoms with Crippen LogP contribution >= 0.6 is 0 Å². The van der Waals surface area contributed by atoms with E-state index >= 15 is 0 Å². The summed E-state index contributed by atoms with van der Waals surface area (Å²) in [5.74, 6) is -2.67. The molecule has 1 unspecified atom stereocenters. The largest absolute Gasteiger partial charge is 0.490 e. The van der Waals surface area contributed by atoms with Crippen LogP contribution in [0.2, 0.25) is 0 Å². The number of aliphatic carboxylic acids is 1. The maximum Gasteiger partial charge on any atom is 0.490 e. The van der Waals surface area contributed by atoms with Crippen LogP contribution in [0, 0.1) is 6.92 Å². The van der Waals surface area contributed by atoms with E-state index in [2.05, 4.69) is 11.1 Å². The van der Waals surface area contributed by atoms with Crippen molar-refractivity contribution in [3.63, 3.8) is 0 Å². The number of carboxylic acids is 1. The van der Waals surface area contributed by atoms with Gasteiger partial charge in [0.15, 0.2) is 0 Å². The highest BCUT2D eigenvalue weighted by Gasteiger charge is 2.49. The van der Waals surface area contributed by atoms with Gasteiger partial charge in [0.1, 0.15) is 12.2 Å². The monoisotopic (exact) mass is 488 g/mol. The van der Waals surface area contributed by atoms with Gasteiger partial charge >= 0.3 is 12.1 Å². The molecule has 2 aliphatic heterocycles. The number of rotatable bonds is 6. The Labute approximate surface area is 196 Å². The highest BCUT2D eigenvalue weighted by Crippen LogP contribution is 2.35. The summed E-state index contributed by atoms with van der Waals surface area (Å²) in [5.41, 5.74) is 2.02. The lowest BCUT2D eigenvalue weighted by molar-refractivity contribution is -0.204. The maximum atomic E-state index is 12.3. The highest BCUT2D eigenvalue weighted by atomic mass is 19.4. The van der Waals surface area contributed by atoms with Crippen LogP contribution < -0.4 is 0 Å². The van der Waals surface area contributed by atoms with E-state index in [1.165, 1.54) is 12.8 Å². The molecule has 3 aliphatic rings. The minimum Gasteiger partial charge on any atom is -0.475 e. The minimum absolute atomic E-state index is 0.0880. The third kappa shape index (κ3) is 7.64. The Hall–Kier alpha value is -2.24. The zero-order chi connectivity index (χ0) is 24.8. The van der Waals surface area contributed by atoms with Crippen molar-refractivity contribution < 1.29 is 42.1 Å². The number of halogens is 3. The summed E-state index contributed by atoms with van der Waals surface area (Å²) in [6, 6.07) is 2.11. The number of hydrogen-bond acceptors (Lipinski definition) is 6. The highest BCUT2D eigenvalue weighted by molar-refractivity contribution is 5.78. The van der Waals surface area contributed by atoms with Crippen LogP contribution in [-0.2, 0) is 30.4 Å². The third-order valence-electron chi connectivity index (χ3n) is 6.16. The van der Waals surface area contributed by atoms with Gasteiger partial charge in [-0.1, -0.05) is 18.9 Å². The number of carbonyl (C=O) groups is 2. The summed E-state index contributed by atoms with van der Waals surface area (Å²) >= 11 is 0. The van der Waals surface area contributed by atoms with Gasteiger partial charge in [0.2, 0.25) is 5.91 Å². The van der Waals surface area contributed by atoms with E-state index in [4.69, 9.17) is 24.1 Å². The molecule has 1 N–H and O–H groups in total. The van der Waals surface area contributed by atoms with Crippen LogP contribution in [0.1, 0.15) is 49.7 Å². The lowest BCUT2D eigenvalue weighted by atomic mass is 9.84. The Balaban J connectivity index is 0.000000406. The number of pyridine rings is 1. The van der Waals surface area contributed by atoms with Crippen LogP contribution in [0.25, 0.3) is 0 Å². The van der Waals surface area contributed by atoms with Gasteiger partial charge < -0.3 is 24.2 Å². The lowest BCUT2D eigenvalue weighted by Crippen LogP contribution is -2.67. The molecule has 8 nitrogen and oxygen atoms in total. The molecule has 1 amide bonds. The van der Waals surface area contributed by atoms with Gasteiger partial charge in [0.25, 0.3) is 0 Å². The van der Waals surface area contributed by atoms with Crippen LogP contribution in [0.5, 0.6) is 0 Å². The van der Waals surface area contributed by atoms with E-state index in [-0.39, 0.29) is 30.3 Å². The smallest absolute Gasteiger partial charge is 0.475 e. The molecule has 1 spiro atoms. The number of likely N-dealkylation sites (tertiary alicyclic amines) is 1. The zero-order valence-electron chi connectivity index (χ0n) is 19.2. The van der Waals surface area contributed by atoms with Crippen LogP contribution in [0.4, 0.5) is 13.2 Å². The average molecular weight is 489 g/mol. The van der Waals surface area contributed by atoms with Gasteiger partial charge in [0, 0.05) is 25.4 Å². The number of nitrogens with zero attached hydrogens (tertiary/aromatic N) is 2. The Bertz CT molecular complexity index is 838. The number of ether oxygens (including phenoxy) is 3. The third-order valence-corrected chi connectivity index (χ3v) is 6.16. The average Bonchev–Trinajstić information content (AvgIpc) is 3.28. The summed E-state index contributed by atoms with van der Waals surface area (Å²) in [6.07, 6.45) is 5.46. The molecule has 1 aromatic heterocycles. The quantitative estimate of drug-likeness (QED) is 0.656. The van der Waals surface area contributed by atoms with E-state index in [9.17, 15) is 18.0 Å². The molecular formula is C23H31F3N2O6. The summed E-state index contributed by atoms with van der Waals surface area (Å²) in [5, 5.41) is 7.12. The topological polar surface area (TPSA) is 98.2 Å². The molecule has 1 aliphatic carbocycles. The molecule has 0 bridgehead atoms. The summed E-state index contributed by atoms with van der Waals surface area (Å²) in [7, 11) is 0. The molecule has 1 atom stereocenters. The van der Waals surface area contributed by atoms with Crippen LogP contribution in [0.3, 0.4) is 0 Å². The fraction of sp³-hybridized carbons (Fsp3) is 0.696. The zero-order valence-corrected chi connectivity index (χ0v) is 19.2. The Morgan fingerprint density at radius 1 is 1.18 bits per heavy atom. The summed E-state index contributed by atoms with van der Waals surface area (Å²) in [4.78, 5) is 27.3. The first-order valence-corrected chi connectivity index (χ1v) is 11.4. The molecule has 11 heteroatoms. The predicted molar refractivity (Wildman–Crippen MR) is 114 cm³/mol. The normalized spacial score (nSPS) is 22.1. The minimum atomic E-state index is -5.08. The van der Waals surface area contributed by atoms with Crippen molar-refractivity contribution >= 4 is 11.9 Å². The number of hydrogen-bond donors (Lipinski definition) is 1. The van der Waals surface area contributed by atoms with Gasteiger partial charge in [-0.25, -0.2) is 4.79 Å². The van der Waals surface area contributed by atoms with Gasteiger partial charge in [-0.3, -0.25) is 9.78 Å².